The van der Waals surface area contributed by atoms with Crippen LogP contribution in [-0.4, -0.2) is 0 Å². The van der Waals surface area contributed by atoms with Gasteiger partial charge in [-0.3, -0.25) is 0 Å². The third-order valence-corrected chi connectivity index (χ3v) is 0. The first kappa shape index (κ1) is 64.8. The van der Waals surface area contributed by atoms with E-state index >= 15 is 0 Å². The van der Waals surface area contributed by atoms with Gasteiger partial charge in [0.25, 0.3) is 0 Å². The van der Waals surface area contributed by atoms with E-state index in [0.29, 0.717) is 0 Å². The zero-order valence-electron chi connectivity index (χ0n) is 1.90. The Labute approximate surface area is 97.6 Å². The molecule has 0 saturated heterocycles. The number of hydrogen-bond donors (Lipinski definition) is 0. The molecule has 0 radical (unpaired) electrons. The molecule has 0 bridgehead atoms. The van der Waals surface area contributed by atoms with Gasteiger partial charge in [-0.2, -0.15) is 0 Å². The van der Waals surface area contributed by atoms with E-state index in [2.05, 4.69) is 0 Å². The topological polar surface area (TPSA) is 0 Å². The second-order valence-electron chi connectivity index (χ2n) is 0. The van der Waals surface area contributed by atoms with Crippen LogP contribution in [0.15, 0.2) is 0 Å². The van der Waals surface area contributed by atoms with Crippen molar-refractivity contribution >= 4 is 0 Å². The quantitative estimate of drug-likeness (QED) is 0.538. The van der Waals surface area contributed by atoms with Crippen molar-refractivity contribution in [1.29, 1.82) is 0 Å². The molecule has 0 aromatic rings. The molecule has 0 nitrogen and oxygen atoms in total. The van der Waals surface area contributed by atoms with Crippen molar-refractivity contribution in [3.8, 4) is 0 Å². The van der Waals surface area contributed by atoms with Gasteiger partial charge in [0.1, 0.15) is 0 Å². The van der Waals surface area contributed by atoms with Gasteiger partial charge in [-0.25, -0.2) is 0 Å². The first-order valence-corrected chi connectivity index (χ1v) is 0. The average Bonchev–Trinajstić information content (AvgIpc) is 0. The van der Waals surface area contributed by atoms with Gasteiger partial charge in [0, 0.05) is 98.9 Å². The monoisotopic (exact) mass is 348 g/mol. The van der Waals surface area contributed by atoms with Crippen LogP contribution in [0.5, 0.6) is 0 Å². The third kappa shape index (κ3) is 28.2. The predicted octanol–water partition coefficient (Wildman–Crippen LogP) is -0.0150. The molecule has 0 unspecified atom stereocenters. The van der Waals surface area contributed by atoms with Crippen LogP contribution in [-0.2, 0) is 98.9 Å². The second-order valence-corrected chi connectivity index (χ2v) is 0. The van der Waals surface area contributed by atoms with E-state index in [-0.39, 0.29) is 98.9 Å². The molecule has 0 aliphatic carbocycles. The molecule has 0 heterocycles. The molecule has 0 aliphatic heterocycles. The van der Waals surface area contributed by atoms with E-state index in [9.17, 15) is 0 Å². The van der Waals surface area contributed by atoms with E-state index in [1.807, 2.05) is 0 Å². The van der Waals surface area contributed by atoms with Gasteiger partial charge in [-0.1, -0.05) is 0 Å². The van der Waals surface area contributed by atoms with E-state index in [1.54, 1.807) is 0 Å². The summed E-state index contributed by atoms with van der Waals surface area (Å²) < 4.78 is 0. The molecule has 6 heavy (non-hydrogen) atoms. The van der Waals surface area contributed by atoms with Crippen LogP contribution in [0.4, 0.5) is 0 Å². The Morgan fingerprint density at radius 3 is 0.167 bits per heavy atom. The summed E-state index contributed by atoms with van der Waals surface area (Å²) in [7, 11) is 0. The van der Waals surface area contributed by atoms with Gasteiger partial charge in [0.15, 0.2) is 0 Å². The van der Waals surface area contributed by atoms with Crippen molar-refractivity contribution in [2.24, 2.45) is 0 Å². The van der Waals surface area contributed by atoms with Crippen molar-refractivity contribution in [2.45, 2.75) is 0 Å². The molecule has 0 N–H and O–H groups in total. The molecule has 0 atom stereocenters. The molecule has 0 amide bonds. The zero-order chi connectivity index (χ0) is 0. The van der Waals surface area contributed by atoms with Crippen LogP contribution in [0.2, 0.25) is 0 Å². The third-order valence-electron chi connectivity index (χ3n) is 0. The maximum absolute atomic E-state index is 0. The van der Waals surface area contributed by atoms with Crippen LogP contribution in [0.3, 0.4) is 0 Å². The van der Waals surface area contributed by atoms with Crippen LogP contribution < -0.4 is 0 Å². The smallest absolute Gasteiger partial charge is 0 e. The fourth-order valence-electron chi connectivity index (χ4n) is 0. The minimum absolute atomic E-state index is 0. The largest absolute Gasteiger partial charge is 0 e. The normalized spacial score (nSPS) is 0. The van der Waals surface area contributed by atoms with Gasteiger partial charge >= 0.3 is 0 Å². The Morgan fingerprint density at radius 2 is 0.167 bits per heavy atom. The van der Waals surface area contributed by atoms with Gasteiger partial charge in [0.2, 0.25) is 0 Å². The molecule has 0 rings (SSSR count). The average molecular weight is 352 g/mol. The SMILES string of the molecule is [Ni].[Ni].[Ni].[Ni].[Ni].[Ni]. The van der Waals surface area contributed by atoms with Gasteiger partial charge < -0.3 is 0 Å². The van der Waals surface area contributed by atoms with Gasteiger partial charge in [-0.05, 0) is 0 Å². The Morgan fingerprint density at radius 1 is 0.167 bits per heavy atom. The summed E-state index contributed by atoms with van der Waals surface area (Å²) >= 11 is 0. The molecule has 0 spiro atoms. The second kappa shape index (κ2) is 44.0. The summed E-state index contributed by atoms with van der Waals surface area (Å²) in [5.74, 6) is 0. The Kier molecular flexibility index (Phi) is 475. The van der Waals surface area contributed by atoms with Crippen molar-refractivity contribution < 1.29 is 98.9 Å². The summed E-state index contributed by atoms with van der Waals surface area (Å²) in [5, 5.41) is 0. The first-order chi connectivity index (χ1) is 0. The van der Waals surface area contributed by atoms with Crippen molar-refractivity contribution in [3.63, 3.8) is 0 Å². The maximum atomic E-state index is 0. The van der Waals surface area contributed by atoms with Crippen LogP contribution in [0.1, 0.15) is 0 Å². The molecular weight excluding hydrogens is 352 g/mol. The summed E-state index contributed by atoms with van der Waals surface area (Å²) in [5.41, 5.74) is 0. The minimum atomic E-state index is 0. The van der Waals surface area contributed by atoms with E-state index in [1.165, 1.54) is 0 Å². The first-order valence-electron chi connectivity index (χ1n) is 0. The van der Waals surface area contributed by atoms with Crippen LogP contribution in [0.25, 0.3) is 0 Å². The fraction of sp³-hybridized carbons (Fsp3) is 0. The molecule has 0 saturated carbocycles. The van der Waals surface area contributed by atoms with E-state index < -0.39 is 0 Å². The van der Waals surface area contributed by atoms with Crippen molar-refractivity contribution in [3.05, 3.63) is 0 Å². The van der Waals surface area contributed by atoms with Crippen LogP contribution in [0, 0.1) is 0 Å². The summed E-state index contributed by atoms with van der Waals surface area (Å²) in [6.45, 7) is 0. The summed E-state index contributed by atoms with van der Waals surface area (Å²) in [6, 6.07) is 0. The maximum Gasteiger partial charge on any atom is 0 e. The van der Waals surface area contributed by atoms with Gasteiger partial charge in [0.05, 0.1) is 0 Å². The van der Waals surface area contributed by atoms with Gasteiger partial charge in [-0.15, -0.1) is 0 Å². The molecule has 0 aliphatic rings. The van der Waals surface area contributed by atoms with Crippen molar-refractivity contribution in [2.75, 3.05) is 0 Å². The molecular formula is Ni6. The minimum Gasteiger partial charge on any atom is 0 e. The fourth-order valence-corrected chi connectivity index (χ4v) is 0. The Hall–Kier alpha value is 2.96. The standard InChI is InChI=1S/6Ni. The molecule has 0 aromatic carbocycles. The number of rotatable bonds is 0. The van der Waals surface area contributed by atoms with Crippen LogP contribution >= 0.6 is 0 Å². The predicted molar refractivity (Wildman–Crippen MR) is 0 cm³/mol. The van der Waals surface area contributed by atoms with Crippen molar-refractivity contribution in [1.82, 2.24) is 0 Å². The zero-order valence-corrected chi connectivity index (χ0v) is 7.82. The summed E-state index contributed by atoms with van der Waals surface area (Å²) in [4.78, 5) is 0. The van der Waals surface area contributed by atoms with E-state index in [0.717, 1.165) is 0 Å². The molecule has 6 heteroatoms. The summed E-state index contributed by atoms with van der Waals surface area (Å²) in [6.07, 6.45) is 0. The Bertz CT molecular complexity index is 0. The Balaban J connectivity index is 0. The van der Waals surface area contributed by atoms with E-state index in [4.69, 9.17) is 0 Å². The number of hydrogen-bond acceptors (Lipinski definition) is 0. The molecule has 0 aromatic heterocycles. The molecule has 60 valence electrons. The molecule has 0 fully saturated rings.